The van der Waals surface area contributed by atoms with E-state index < -0.39 is 0 Å². The van der Waals surface area contributed by atoms with Crippen molar-refractivity contribution in [2.24, 2.45) is 0 Å². The number of nitrogens with zero attached hydrogens (tertiary/aromatic N) is 2. The van der Waals surface area contributed by atoms with Crippen molar-refractivity contribution in [2.75, 3.05) is 5.32 Å². The van der Waals surface area contributed by atoms with Crippen molar-refractivity contribution in [3.05, 3.63) is 28.9 Å². The first-order chi connectivity index (χ1) is 8.83. The molecule has 1 fully saturated rings. The molecule has 94 valence electrons. The molecule has 0 aliphatic heterocycles. The molecule has 1 aliphatic rings. The van der Waals surface area contributed by atoms with E-state index in [2.05, 4.69) is 49.6 Å². The second-order valence-electron chi connectivity index (χ2n) is 4.90. The molecule has 0 unspecified atom stereocenters. The summed E-state index contributed by atoms with van der Waals surface area (Å²) in [4.78, 5) is 0. The quantitative estimate of drug-likeness (QED) is 0.906. The summed E-state index contributed by atoms with van der Waals surface area (Å²) >= 11 is 3.49. The number of anilines is 1. The number of halogens is 1. The zero-order valence-corrected chi connectivity index (χ0v) is 11.8. The summed E-state index contributed by atoms with van der Waals surface area (Å²) < 4.78 is 1.08. The number of aromatic nitrogens is 2. The molecule has 0 radical (unpaired) electrons. The van der Waals surface area contributed by atoms with Gasteiger partial charge in [0, 0.05) is 21.3 Å². The lowest BCUT2D eigenvalue weighted by Gasteiger charge is -2.23. The van der Waals surface area contributed by atoms with Gasteiger partial charge in [-0.3, -0.25) is 0 Å². The lowest BCUT2D eigenvalue weighted by atomic mass is 9.95. The molecular formula is C14H16BrN3. The van der Waals surface area contributed by atoms with Gasteiger partial charge in [-0.1, -0.05) is 35.2 Å². The van der Waals surface area contributed by atoms with E-state index in [9.17, 15) is 0 Å². The van der Waals surface area contributed by atoms with Crippen LogP contribution in [0.1, 0.15) is 32.1 Å². The van der Waals surface area contributed by atoms with Crippen LogP contribution in [0, 0.1) is 0 Å². The molecule has 0 amide bonds. The van der Waals surface area contributed by atoms with Gasteiger partial charge in [-0.15, -0.1) is 5.10 Å². The van der Waals surface area contributed by atoms with Crippen LogP contribution in [-0.4, -0.2) is 16.2 Å². The lowest BCUT2D eigenvalue weighted by Crippen LogP contribution is -2.23. The van der Waals surface area contributed by atoms with Crippen molar-refractivity contribution in [1.29, 1.82) is 0 Å². The Kier molecular flexibility index (Phi) is 3.46. The molecule has 0 bridgehead atoms. The van der Waals surface area contributed by atoms with Crippen molar-refractivity contribution in [3.63, 3.8) is 0 Å². The van der Waals surface area contributed by atoms with E-state index in [1.54, 1.807) is 0 Å². The minimum atomic E-state index is 0.558. The van der Waals surface area contributed by atoms with E-state index in [1.165, 1.54) is 32.1 Å². The van der Waals surface area contributed by atoms with E-state index in [1.807, 2.05) is 6.20 Å². The highest BCUT2D eigenvalue weighted by Gasteiger charge is 2.14. The predicted molar refractivity (Wildman–Crippen MR) is 77.7 cm³/mol. The molecule has 4 heteroatoms. The van der Waals surface area contributed by atoms with Crippen LogP contribution in [0.3, 0.4) is 0 Å². The monoisotopic (exact) mass is 305 g/mol. The second-order valence-corrected chi connectivity index (χ2v) is 5.82. The zero-order chi connectivity index (χ0) is 12.4. The molecule has 1 aromatic heterocycles. The van der Waals surface area contributed by atoms with Gasteiger partial charge < -0.3 is 5.32 Å². The van der Waals surface area contributed by atoms with Crippen LogP contribution in [0.5, 0.6) is 0 Å². The summed E-state index contributed by atoms with van der Waals surface area (Å²) in [6.07, 6.45) is 8.31. The first-order valence-electron chi connectivity index (χ1n) is 6.50. The molecule has 2 aromatic rings. The fourth-order valence-electron chi connectivity index (χ4n) is 2.61. The van der Waals surface area contributed by atoms with Crippen molar-refractivity contribution < 1.29 is 0 Å². The maximum Gasteiger partial charge on any atom is 0.156 e. The molecule has 1 aromatic carbocycles. The van der Waals surface area contributed by atoms with E-state index in [0.717, 1.165) is 21.1 Å². The average molecular weight is 306 g/mol. The number of rotatable bonds is 2. The van der Waals surface area contributed by atoms with Crippen molar-refractivity contribution in [1.82, 2.24) is 10.2 Å². The third-order valence-electron chi connectivity index (χ3n) is 3.57. The Morgan fingerprint density at radius 3 is 2.83 bits per heavy atom. The Labute approximate surface area is 115 Å². The number of hydrogen-bond acceptors (Lipinski definition) is 3. The van der Waals surface area contributed by atoms with Crippen LogP contribution in [0.15, 0.2) is 28.9 Å². The number of fused-ring (bicyclic) bond motifs is 1. The molecule has 1 heterocycles. The highest BCUT2D eigenvalue weighted by molar-refractivity contribution is 9.10. The van der Waals surface area contributed by atoms with Crippen molar-refractivity contribution in [3.8, 4) is 0 Å². The van der Waals surface area contributed by atoms with Gasteiger partial charge in [-0.25, -0.2) is 0 Å². The Morgan fingerprint density at radius 1 is 1.17 bits per heavy atom. The van der Waals surface area contributed by atoms with Gasteiger partial charge >= 0.3 is 0 Å². The maximum atomic E-state index is 4.25. The fourth-order valence-corrected chi connectivity index (χ4v) is 2.98. The predicted octanol–water partition coefficient (Wildman–Crippen LogP) is 4.14. The van der Waals surface area contributed by atoms with Crippen LogP contribution in [0.25, 0.3) is 10.8 Å². The minimum Gasteiger partial charge on any atom is -0.365 e. The lowest BCUT2D eigenvalue weighted by molar-refractivity contribution is 0.462. The molecular weight excluding hydrogens is 290 g/mol. The molecule has 1 saturated carbocycles. The van der Waals surface area contributed by atoms with Gasteiger partial charge in [0.25, 0.3) is 0 Å². The summed E-state index contributed by atoms with van der Waals surface area (Å²) in [5.74, 6) is 0.923. The molecule has 0 atom stereocenters. The van der Waals surface area contributed by atoms with Gasteiger partial charge in [-0.05, 0) is 31.0 Å². The second kappa shape index (κ2) is 5.22. The number of benzene rings is 1. The van der Waals surface area contributed by atoms with Crippen LogP contribution in [-0.2, 0) is 0 Å². The highest BCUT2D eigenvalue weighted by Crippen LogP contribution is 2.26. The smallest absolute Gasteiger partial charge is 0.156 e. The highest BCUT2D eigenvalue weighted by atomic mass is 79.9. The Hall–Kier alpha value is -1.16. The van der Waals surface area contributed by atoms with Crippen molar-refractivity contribution in [2.45, 2.75) is 38.1 Å². The van der Waals surface area contributed by atoms with E-state index in [4.69, 9.17) is 0 Å². The van der Waals surface area contributed by atoms with Crippen LogP contribution >= 0.6 is 15.9 Å². The van der Waals surface area contributed by atoms with Gasteiger partial charge in [0.2, 0.25) is 0 Å². The van der Waals surface area contributed by atoms with Gasteiger partial charge in [-0.2, -0.15) is 5.10 Å². The average Bonchev–Trinajstić information content (AvgIpc) is 2.40. The van der Waals surface area contributed by atoms with E-state index in [-0.39, 0.29) is 0 Å². The summed E-state index contributed by atoms with van der Waals surface area (Å²) in [5.41, 5.74) is 0. The normalized spacial score (nSPS) is 16.9. The summed E-state index contributed by atoms with van der Waals surface area (Å²) in [5, 5.41) is 14.2. The van der Waals surface area contributed by atoms with Crippen LogP contribution in [0.4, 0.5) is 5.82 Å². The van der Waals surface area contributed by atoms with E-state index >= 15 is 0 Å². The summed E-state index contributed by atoms with van der Waals surface area (Å²) in [6.45, 7) is 0. The number of nitrogens with one attached hydrogen (secondary N) is 1. The van der Waals surface area contributed by atoms with Crippen LogP contribution in [0.2, 0.25) is 0 Å². The Balaban J connectivity index is 1.91. The van der Waals surface area contributed by atoms with Gasteiger partial charge in [0.05, 0.1) is 6.20 Å². The van der Waals surface area contributed by atoms with Gasteiger partial charge in [0.15, 0.2) is 5.82 Å². The molecule has 0 spiro atoms. The van der Waals surface area contributed by atoms with Gasteiger partial charge in [0.1, 0.15) is 0 Å². The van der Waals surface area contributed by atoms with E-state index in [0.29, 0.717) is 6.04 Å². The zero-order valence-electron chi connectivity index (χ0n) is 10.2. The first-order valence-corrected chi connectivity index (χ1v) is 7.30. The standard InChI is InChI=1S/C14H16BrN3/c15-11-6-7-13-10(8-11)9-16-18-14(13)17-12-4-2-1-3-5-12/h6-9,12H,1-5H2,(H,17,18). The SMILES string of the molecule is Brc1ccc2c(NC3CCCCC3)nncc2c1. The first kappa shape index (κ1) is 11.9. The molecule has 18 heavy (non-hydrogen) atoms. The summed E-state index contributed by atoms with van der Waals surface area (Å²) in [7, 11) is 0. The van der Waals surface area contributed by atoms with Crippen LogP contribution < -0.4 is 5.32 Å². The fraction of sp³-hybridized carbons (Fsp3) is 0.429. The van der Waals surface area contributed by atoms with Crippen molar-refractivity contribution >= 4 is 32.5 Å². The minimum absolute atomic E-state index is 0.558. The molecule has 1 N–H and O–H groups in total. The third-order valence-corrected chi connectivity index (χ3v) is 4.06. The molecule has 3 rings (SSSR count). The Morgan fingerprint density at radius 2 is 2.00 bits per heavy atom. The largest absolute Gasteiger partial charge is 0.365 e. The third kappa shape index (κ3) is 2.48. The number of hydrogen-bond donors (Lipinski definition) is 1. The Bertz CT molecular complexity index is 550. The molecule has 0 saturated heterocycles. The maximum absolute atomic E-state index is 4.25. The topological polar surface area (TPSA) is 37.8 Å². The molecule has 3 nitrogen and oxygen atoms in total. The summed E-state index contributed by atoms with van der Waals surface area (Å²) in [6, 6.07) is 6.79. The molecule has 1 aliphatic carbocycles.